The summed E-state index contributed by atoms with van der Waals surface area (Å²) in [5.41, 5.74) is 6.01. The predicted octanol–water partition coefficient (Wildman–Crippen LogP) is 3.18. The van der Waals surface area contributed by atoms with Crippen LogP contribution in [0.25, 0.3) is 0 Å². The van der Waals surface area contributed by atoms with Crippen LogP contribution in [-0.2, 0) is 9.53 Å². The van der Waals surface area contributed by atoms with Crippen molar-refractivity contribution in [1.82, 2.24) is 0 Å². The van der Waals surface area contributed by atoms with Crippen molar-refractivity contribution >= 4 is 40.5 Å². The van der Waals surface area contributed by atoms with E-state index in [1.165, 1.54) is 19.1 Å². The molecule has 0 aliphatic carbocycles. The number of alkyl halides is 2. The van der Waals surface area contributed by atoms with Gasteiger partial charge in [-0.3, -0.25) is 4.79 Å². The Bertz CT molecular complexity index is 449. The Morgan fingerprint density at radius 2 is 1.95 bits per heavy atom. The minimum atomic E-state index is -2.64. The van der Waals surface area contributed by atoms with Crippen LogP contribution in [0.15, 0.2) is 12.1 Å². The Kier molecular flexibility index (Phi) is 5.78. The zero-order valence-electron chi connectivity index (χ0n) is 9.92. The van der Waals surface area contributed by atoms with Crippen LogP contribution < -0.4 is 11.1 Å². The number of carbonyl (C=O) groups is 1. The van der Waals surface area contributed by atoms with Gasteiger partial charge in [-0.2, -0.15) is 0 Å². The number of nitrogens with one attached hydrogen (secondary N) is 1. The molecule has 3 N–H and O–H groups in total. The molecule has 0 aromatic heterocycles. The van der Waals surface area contributed by atoms with Gasteiger partial charge in [0.1, 0.15) is 12.7 Å². The molecule has 0 saturated heterocycles. The average molecular weight is 313 g/mol. The molecule has 1 atom stereocenters. The number of nitrogens with two attached hydrogens (primary N) is 1. The number of nitrogen functional groups attached to an aromatic ring is 1. The summed E-state index contributed by atoms with van der Waals surface area (Å²) in [6.07, 6.45) is -3.70. The van der Waals surface area contributed by atoms with Crippen molar-refractivity contribution in [2.24, 2.45) is 0 Å². The standard InChI is InChI=1S/C11H12Cl2F2N2O2/c1-5(19-4-9(14)15)11(18)17-10-7(12)2-6(16)3-8(10)13/h2-3,5,9H,4,16H2,1H3,(H,17,18). The maximum atomic E-state index is 11.9. The van der Waals surface area contributed by atoms with E-state index in [0.29, 0.717) is 5.69 Å². The van der Waals surface area contributed by atoms with Gasteiger partial charge in [-0.05, 0) is 19.1 Å². The number of ether oxygens (including phenoxy) is 1. The van der Waals surface area contributed by atoms with E-state index in [9.17, 15) is 13.6 Å². The van der Waals surface area contributed by atoms with Crippen molar-refractivity contribution in [3.05, 3.63) is 22.2 Å². The molecular formula is C11H12Cl2F2N2O2. The van der Waals surface area contributed by atoms with E-state index in [1.807, 2.05) is 0 Å². The molecule has 1 aromatic carbocycles. The molecule has 1 rings (SSSR count). The van der Waals surface area contributed by atoms with Crippen LogP contribution in [-0.4, -0.2) is 25.0 Å². The lowest BCUT2D eigenvalue weighted by Crippen LogP contribution is -2.29. The number of rotatable bonds is 5. The predicted molar refractivity (Wildman–Crippen MR) is 70.9 cm³/mol. The van der Waals surface area contributed by atoms with Gasteiger partial charge in [0.05, 0.1) is 15.7 Å². The topological polar surface area (TPSA) is 64.3 Å². The fourth-order valence-corrected chi connectivity index (χ4v) is 1.83. The number of carbonyl (C=O) groups excluding carboxylic acids is 1. The second kappa shape index (κ2) is 6.88. The number of hydrogen-bond acceptors (Lipinski definition) is 3. The number of anilines is 2. The molecule has 0 bridgehead atoms. The Morgan fingerprint density at radius 3 is 2.42 bits per heavy atom. The van der Waals surface area contributed by atoms with Crippen molar-refractivity contribution in [1.29, 1.82) is 0 Å². The van der Waals surface area contributed by atoms with Crippen molar-refractivity contribution in [3.8, 4) is 0 Å². The fraction of sp³-hybridized carbons (Fsp3) is 0.364. The second-order valence-corrected chi connectivity index (χ2v) is 4.53. The molecule has 0 saturated carbocycles. The molecular weight excluding hydrogens is 301 g/mol. The lowest BCUT2D eigenvalue weighted by Gasteiger charge is -2.15. The van der Waals surface area contributed by atoms with Crippen LogP contribution in [0.4, 0.5) is 20.2 Å². The van der Waals surface area contributed by atoms with Gasteiger partial charge < -0.3 is 15.8 Å². The maximum absolute atomic E-state index is 11.9. The quantitative estimate of drug-likeness (QED) is 0.821. The van der Waals surface area contributed by atoms with E-state index in [-0.39, 0.29) is 15.7 Å². The summed E-state index contributed by atoms with van der Waals surface area (Å²) in [6, 6.07) is 2.82. The Labute approximate surface area is 118 Å². The summed E-state index contributed by atoms with van der Waals surface area (Å²) >= 11 is 11.7. The van der Waals surface area contributed by atoms with E-state index in [2.05, 4.69) is 10.1 Å². The maximum Gasteiger partial charge on any atom is 0.261 e. The third kappa shape index (κ3) is 4.81. The normalized spacial score (nSPS) is 12.5. The molecule has 106 valence electrons. The van der Waals surface area contributed by atoms with Crippen molar-refractivity contribution < 1.29 is 18.3 Å². The second-order valence-electron chi connectivity index (χ2n) is 3.72. The van der Waals surface area contributed by atoms with E-state index in [4.69, 9.17) is 28.9 Å². The van der Waals surface area contributed by atoms with Crippen LogP contribution in [0.5, 0.6) is 0 Å². The first-order valence-corrected chi connectivity index (χ1v) is 6.02. The van der Waals surface area contributed by atoms with Gasteiger partial charge in [-0.25, -0.2) is 8.78 Å². The molecule has 1 unspecified atom stereocenters. The van der Waals surface area contributed by atoms with E-state index < -0.39 is 25.0 Å². The summed E-state index contributed by atoms with van der Waals surface area (Å²) < 4.78 is 28.6. The lowest BCUT2D eigenvalue weighted by atomic mass is 10.2. The summed E-state index contributed by atoms with van der Waals surface area (Å²) in [7, 11) is 0. The van der Waals surface area contributed by atoms with Gasteiger partial charge in [-0.15, -0.1) is 0 Å². The summed E-state index contributed by atoms with van der Waals surface area (Å²) in [4.78, 5) is 11.7. The molecule has 0 aliphatic heterocycles. The van der Waals surface area contributed by atoms with Crippen LogP contribution in [0, 0.1) is 0 Å². The number of amides is 1. The van der Waals surface area contributed by atoms with Gasteiger partial charge >= 0.3 is 0 Å². The first kappa shape index (κ1) is 15.9. The van der Waals surface area contributed by atoms with Crippen molar-refractivity contribution in [3.63, 3.8) is 0 Å². The molecule has 0 fully saturated rings. The molecule has 0 spiro atoms. The number of hydrogen-bond donors (Lipinski definition) is 2. The minimum Gasteiger partial charge on any atom is -0.399 e. The molecule has 1 aromatic rings. The van der Waals surface area contributed by atoms with Gasteiger partial charge in [0.15, 0.2) is 0 Å². The third-order valence-electron chi connectivity index (χ3n) is 2.15. The first-order chi connectivity index (χ1) is 8.81. The first-order valence-electron chi connectivity index (χ1n) is 5.26. The Morgan fingerprint density at radius 1 is 1.42 bits per heavy atom. The molecule has 1 amide bonds. The average Bonchev–Trinajstić information content (AvgIpc) is 2.30. The molecule has 8 heteroatoms. The Hall–Kier alpha value is -1.11. The highest BCUT2D eigenvalue weighted by molar-refractivity contribution is 6.40. The van der Waals surface area contributed by atoms with E-state index >= 15 is 0 Å². The van der Waals surface area contributed by atoms with Gasteiger partial charge in [-0.1, -0.05) is 23.2 Å². The van der Waals surface area contributed by atoms with E-state index in [1.54, 1.807) is 0 Å². The van der Waals surface area contributed by atoms with Crippen LogP contribution in [0.3, 0.4) is 0 Å². The Balaban J connectivity index is 2.72. The smallest absolute Gasteiger partial charge is 0.261 e. The zero-order valence-corrected chi connectivity index (χ0v) is 11.4. The van der Waals surface area contributed by atoms with Crippen molar-refractivity contribution in [2.75, 3.05) is 17.7 Å². The van der Waals surface area contributed by atoms with Gasteiger partial charge in [0.25, 0.3) is 12.3 Å². The molecule has 4 nitrogen and oxygen atoms in total. The van der Waals surface area contributed by atoms with Crippen LogP contribution >= 0.6 is 23.2 Å². The zero-order chi connectivity index (χ0) is 14.6. The molecule has 0 radical (unpaired) electrons. The highest BCUT2D eigenvalue weighted by atomic mass is 35.5. The number of benzene rings is 1. The summed E-state index contributed by atoms with van der Waals surface area (Å²) in [5.74, 6) is -0.630. The highest BCUT2D eigenvalue weighted by Gasteiger charge is 2.18. The molecule has 0 heterocycles. The number of halogens is 4. The highest BCUT2D eigenvalue weighted by Crippen LogP contribution is 2.32. The SMILES string of the molecule is CC(OCC(F)F)C(=O)Nc1c(Cl)cc(N)cc1Cl. The molecule has 0 aliphatic rings. The monoisotopic (exact) mass is 312 g/mol. The summed E-state index contributed by atoms with van der Waals surface area (Å²) in [5, 5.41) is 2.71. The van der Waals surface area contributed by atoms with Gasteiger partial charge in [0.2, 0.25) is 0 Å². The van der Waals surface area contributed by atoms with Crippen molar-refractivity contribution in [2.45, 2.75) is 19.5 Å². The lowest BCUT2D eigenvalue weighted by molar-refractivity contribution is -0.128. The van der Waals surface area contributed by atoms with Crippen LogP contribution in [0.2, 0.25) is 10.0 Å². The fourth-order valence-electron chi connectivity index (χ4n) is 1.23. The summed E-state index contributed by atoms with van der Waals surface area (Å²) in [6.45, 7) is 0.522. The van der Waals surface area contributed by atoms with E-state index in [0.717, 1.165) is 0 Å². The minimum absolute atomic E-state index is 0.152. The molecule has 19 heavy (non-hydrogen) atoms. The largest absolute Gasteiger partial charge is 0.399 e. The van der Waals surface area contributed by atoms with Crippen LogP contribution in [0.1, 0.15) is 6.92 Å². The van der Waals surface area contributed by atoms with Gasteiger partial charge in [0, 0.05) is 5.69 Å². The third-order valence-corrected chi connectivity index (χ3v) is 2.75.